The van der Waals surface area contributed by atoms with Gasteiger partial charge in [0.25, 0.3) is 0 Å². The summed E-state index contributed by atoms with van der Waals surface area (Å²) in [6.07, 6.45) is 0.779. The summed E-state index contributed by atoms with van der Waals surface area (Å²) >= 11 is 0. The number of benzene rings is 1. The fourth-order valence-electron chi connectivity index (χ4n) is 2.08. The highest BCUT2D eigenvalue weighted by Crippen LogP contribution is 2.23. The van der Waals surface area contributed by atoms with Crippen molar-refractivity contribution >= 4 is 8.80 Å². The van der Waals surface area contributed by atoms with E-state index in [0.29, 0.717) is 19.8 Å². The van der Waals surface area contributed by atoms with Gasteiger partial charge in [0.1, 0.15) is 5.75 Å². The molecule has 1 aromatic rings. The van der Waals surface area contributed by atoms with Crippen LogP contribution in [0.3, 0.4) is 0 Å². The van der Waals surface area contributed by atoms with Crippen LogP contribution in [0.1, 0.15) is 34.1 Å². The standard InChI is InChI=1S/C15H26O4Si/c1-5-15(19-14-12-10-9-11-13-14)20(16-6-2,17-7-3)18-8-4/h9-13,15H,5-8H2,1-4H3. The van der Waals surface area contributed by atoms with Crippen LogP contribution in [-0.4, -0.2) is 34.4 Å². The van der Waals surface area contributed by atoms with Crippen LogP contribution in [0.15, 0.2) is 30.3 Å². The summed E-state index contributed by atoms with van der Waals surface area (Å²) in [6, 6.07) is 9.74. The van der Waals surface area contributed by atoms with Crippen LogP contribution in [0.4, 0.5) is 0 Å². The maximum absolute atomic E-state index is 6.07. The minimum atomic E-state index is -2.83. The number of hydrogen-bond acceptors (Lipinski definition) is 4. The molecule has 0 radical (unpaired) electrons. The van der Waals surface area contributed by atoms with Crippen LogP contribution >= 0.6 is 0 Å². The van der Waals surface area contributed by atoms with Crippen molar-refractivity contribution in [2.24, 2.45) is 0 Å². The summed E-state index contributed by atoms with van der Waals surface area (Å²) in [4.78, 5) is 0. The van der Waals surface area contributed by atoms with Crippen LogP contribution < -0.4 is 4.74 Å². The molecule has 0 heterocycles. The maximum Gasteiger partial charge on any atom is 0.543 e. The van der Waals surface area contributed by atoms with E-state index >= 15 is 0 Å². The van der Waals surface area contributed by atoms with E-state index < -0.39 is 8.80 Å². The van der Waals surface area contributed by atoms with Crippen molar-refractivity contribution in [2.45, 2.75) is 39.8 Å². The summed E-state index contributed by atoms with van der Waals surface area (Å²) in [5.74, 6) is 0.815. The Morgan fingerprint density at radius 1 is 0.850 bits per heavy atom. The molecule has 0 saturated carbocycles. The van der Waals surface area contributed by atoms with Gasteiger partial charge < -0.3 is 18.0 Å². The summed E-state index contributed by atoms with van der Waals surface area (Å²) in [6.45, 7) is 9.59. The summed E-state index contributed by atoms with van der Waals surface area (Å²) in [5, 5.41) is 0. The highest BCUT2D eigenvalue weighted by Gasteiger charge is 2.50. The van der Waals surface area contributed by atoms with Crippen molar-refractivity contribution in [3.63, 3.8) is 0 Å². The van der Waals surface area contributed by atoms with Crippen molar-refractivity contribution in [2.75, 3.05) is 19.8 Å². The van der Waals surface area contributed by atoms with E-state index in [0.717, 1.165) is 12.2 Å². The zero-order valence-corrected chi connectivity index (χ0v) is 13.9. The zero-order valence-electron chi connectivity index (χ0n) is 12.9. The normalized spacial score (nSPS) is 13.2. The second-order valence-electron chi connectivity index (χ2n) is 4.23. The SMILES string of the molecule is CCO[Si](OCC)(OCC)C(CC)Oc1ccccc1. The third-order valence-corrected chi connectivity index (χ3v) is 6.21. The molecule has 1 unspecified atom stereocenters. The Balaban J connectivity index is 2.93. The Labute approximate surface area is 123 Å². The first-order valence-corrected chi connectivity index (χ1v) is 9.16. The van der Waals surface area contributed by atoms with E-state index in [4.69, 9.17) is 18.0 Å². The first kappa shape index (κ1) is 17.2. The fraction of sp³-hybridized carbons (Fsp3) is 0.600. The second kappa shape index (κ2) is 9.13. The van der Waals surface area contributed by atoms with Gasteiger partial charge in [-0.2, -0.15) is 0 Å². The van der Waals surface area contributed by atoms with E-state index in [1.165, 1.54) is 0 Å². The smallest absolute Gasteiger partial charge is 0.486 e. The minimum Gasteiger partial charge on any atom is -0.486 e. The van der Waals surface area contributed by atoms with Crippen molar-refractivity contribution in [3.05, 3.63) is 30.3 Å². The van der Waals surface area contributed by atoms with Gasteiger partial charge in [-0.05, 0) is 39.3 Å². The topological polar surface area (TPSA) is 36.9 Å². The number of para-hydroxylation sites is 1. The molecule has 0 aromatic heterocycles. The Morgan fingerprint density at radius 2 is 1.35 bits per heavy atom. The van der Waals surface area contributed by atoms with Gasteiger partial charge in [-0.1, -0.05) is 25.1 Å². The fourth-order valence-corrected chi connectivity index (χ4v) is 4.87. The molecule has 0 N–H and O–H groups in total. The third-order valence-electron chi connectivity index (χ3n) is 2.82. The molecule has 0 aliphatic rings. The molecule has 1 rings (SSSR count). The van der Waals surface area contributed by atoms with Crippen LogP contribution in [-0.2, 0) is 13.3 Å². The van der Waals surface area contributed by atoms with Gasteiger partial charge in [0, 0.05) is 19.8 Å². The van der Waals surface area contributed by atoms with Crippen molar-refractivity contribution in [1.29, 1.82) is 0 Å². The average Bonchev–Trinajstić information content (AvgIpc) is 2.46. The van der Waals surface area contributed by atoms with Gasteiger partial charge in [-0.15, -0.1) is 0 Å². The van der Waals surface area contributed by atoms with Crippen LogP contribution in [0.5, 0.6) is 5.75 Å². The van der Waals surface area contributed by atoms with Crippen molar-refractivity contribution in [1.82, 2.24) is 0 Å². The van der Waals surface area contributed by atoms with E-state index in [9.17, 15) is 0 Å². The molecule has 0 bridgehead atoms. The summed E-state index contributed by atoms with van der Waals surface area (Å²) < 4.78 is 23.8. The molecular weight excluding hydrogens is 272 g/mol. The largest absolute Gasteiger partial charge is 0.543 e. The van der Waals surface area contributed by atoms with E-state index in [-0.39, 0.29) is 5.73 Å². The molecule has 20 heavy (non-hydrogen) atoms. The predicted molar refractivity (Wildman–Crippen MR) is 81.8 cm³/mol. The highest BCUT2D eigenvalue weighted by molar-refractivity contribution is 6.62. The molecule has 1 aromatic carbocycles. The molecular formula is C15H26O4Si. The molecule has 0 amide bonds. The minimum absolute atomic E-state index is 0.190. The molecule has 0 aliphatic carbocycles. The molecule has 1 atom stereocenters. The van der Waals surface area contributed by atoms with E-state index in [1.54, 1.807) is 0 Å². The Kier molecular flexibility index (Phi) is 7.83. The lowest BCUT2D eigenvalue weighted by atomic mass is 10.3. The highest BCUT2D eigenvalue weighted by atomic mass is 28.4. The lowest BCUT2D eigenvalue weighted by Gasteiger charge is -2.34. The third kappa shape index (κ3) is 4.59. The number of ether oxygens (including phenoxy) is 1. The van der Waals surface area contributed by atoms with Gasteiger partial charge in [-0.25, -0.2) is 0 Å². The van der Waals surface area contributed by atoms with Gasteiger partial charge in [0.2, 0.25) is 0 Å². The van der Waals surface area contributed by atoms with Gasteiger partial charge in [-0.3, -0.25) is 0 Å². The molecule has 0 saturated heterocycles. The number of hydrogen-bond donors (Lipinski definition) is 0. The van der Waals surface area contributed by atoms with E-state index in [2.05, 4.69) is 6.92 Å². The van der Waals surface area contributed by atoms with E-state index in [1.807, 2.05) is 51.1 Å². The first-order valence-electron chi connectivity index (χ1n) is 7.35. The molecule has 4 nitrogen and oxygen atoms in total. The summed E-state index contributed by atoms with van der Waals surface area (Å²) in [7, 11) is -2.83. The Bertz CT molecular complexity index is 341. The zero-order chi connectivity index (χ0) is 14.8. The lowest BCUT2D eigenvalue weighted by Crippen LogP contribution is -2.58. The average molecular weight is 298 g/mol. The van der Waals surface area contributed by atoms with Gasteiger partial charge in [0.15, 0.2) is 5.73 Å². The second-order valence-corrected chi connectivity index (χ2v) is 6.95. The van der Waals surface area contributed by atoms with Crippen molar-refractivity contribution < 1.29 is 18.0 Å². The molecule has 5 heteroatoms. The Morgan fingerprint density at radius 3 is 1.75 bits per heavy atom. The molecule has 0 spiro atoms. The summed E-state index contributed by atoms with van der Waals surface area (Å²) in [5.41, 5.74) is -0.190. The molecule has 114 valence electrons. The lowest BCUT2D eigenvalue weighted by molar-refractivity contribution is 0.0283. The maximum atomic E-state index is 6.07. The first-order chi connectivity index (χ1) is 9.72. The molecule has 0 fully saturated rings. The van der Waals surface area contributed by atoms with Crippen molar-refractivity contribution in [3.8, 4) is 5.75 Å². The monoisotopic (exact) mass is 298 g/mol. The van der Waals surface area contributed by atoms with Crippen LogP contribution in [0.2, 0.25) is 0 Å². The van der Waals surface area contributed by atoms with Crippen LogP contribution in [0, 0.1) is 0 Å². The number of rotatable bonds is 10. The quantitative estimate of drug-likeness (QED) is 0.620. The Hall–Kier alpha value is -0.883. The van der Waals surface area contributed by atoms with Gasteiger partial charge >= 0.3 is 8.80 Å². The van der Waals surface area contributed by atoms with Gasteiger partial charge in [0.05, 0.1) is 0 Å². The predicted octanol–water partition coefficient (Wildman–Crippen LogP) is 3.43. The van der Waals surface area contributed by atoms with Crippen LogP contribution in [0.25, 0.3) is 0 Å². The molecule has 0 aliphatic heterocycles.